The number of hydrogen-bond donors (Lipinski definition) is 2. The van der Waals surface area contributed by atoms with Crippen molar-refractivity contribution in [3.05, 3.63) is 63.4 Å². The maximum atomic E-state index is 13.8. The van der Waals surface area contributed by atoms with E-state index in [1.807, 2.05) is 24.3 Å². The van der Waals surface area contributed by atoms with Gasteiger partial charge in [-0.15, -0.1) is 11.3 Å². The Balaban J connectivity index is 1.88. The topological polar surface area (TPSA) is 88.2 Å². The summed E-state index contributed by atoms with van der Waals surface area (Å²) in [6.07, 6.45) is 0. The monoisotopic (exact) mass is 515 g/mol. The van der Waals surface area contributed by atoms with Crippen molar-refractivity contribution < 1.29 is 22.0 Å². The summed E-state index contributed by atoms with van der Waals surface area (Å²) in [6.45, 7) is 2.84. The van der Waals surface area contributed by atoms with Crippen LogP contribution in [0.3, 0.4) is 0 Å². The van der Waals surface area contributed by atoms with Crippen molar-refractivity contribution in [2.24, 2.45) is 0 Å². The van der Waals surface area contributed by atoms with Crippen molar-refractivity contribution in [2.45, 2.75) is 19.1 Å². The standard InChI is InChI=1S/C19H16BrF2N3O3S2/c1-10(2)30(27,28)25-16-8-15(22)14(21)7-13(16)18(26)24-19-23-17(9-29-19)11-3-5-12(20)6-4-11/h3-10,25H,1-2H3,(H,23,24,26). The number of aromatic nitrogens is 1. The molecule has 11 heteroatoms. The quantitative estimate of drug-likeness (QED) is 0.469. The number of benzene rings is 2. The van der Waals surface area contributed by atoms with Gasteiger partial charge in [-0.05, 0) is 32.0 Å². The van der Waals surface area contributed by atoms with E-state index in [4.69, 9.17) is 0 Å². The van der Waals surface area contributed by atoms with E-state index in [9.17, 15) is 22.0 Å². The lowest BCUT2D eigenvalue weighted by Gasteiger charge is -2.14. The molecule has 0 unspecified atom stereocenters. The molecule has 0 aliphatic rings. The fourth-order valence-corrected chi connectivity index (χ4v) is 4.03. The van der Waals surface area contributed by atoms with Crippen LogP contribution in [0.1, 0.15) is 24.2 Å². The smallest absolute Gasteiger partial charge is 0.259 e. The first-order valence-electron chi connectivity index (χ1n) is 8.60. The molecule has 2 N–H and O–H groups in total. The fourth-order valence-electron chi connectivity index (χ4n) is 2.34. The first-order valence-corrected chi connectivity index (χ1v) is 11.8. The average molecular weight is 516 g/mol. The highest BCUT2D eigenvalue weighted by Crippen LogP contribution is 2.28. The zero-order valence-electron chi connectivity index (χ0n) is 15.7. The van der Waals surface area contributed by atoms with Crippen molar-refractivity contribution in [2.75, 3.05) is 10.0 Å². The predicted octanol–water partition coefficient (Wildman–Crippen LogP) is 5.25. The van der Waals surface area contributed by atoms with Crippen LogP contribution < -0.4 is 10.0 Å². The van der Waals surface area contributed by atoms with Gasteiger partial charge in [0.05, 0.1) is 22.2 Å². The average Bonchev–Trinajstić information content (AvgIpc) is 3.13. The van der Waals surface area contributed by atoms with Gasteiger partial charge in [-0.1, -0.05) is 28.1 Å². The van der Waals surface area contributed by atoms with Crippen LogP contribution in [0, 0.1) is 11.6 Å². The summed E-state index contributed by atoms with van der Waals surface area (Å²) >= 11 is 4.49. The largest absolute Gasteiger partial charge is 0.298 e. The SMILES string of the molecule is CC(C)S(=O)(=O)Nc1cc(F)c(F)cc1C(=O)Nc1nc(-c2ccc(Br)cc2)cs1. The van der Waals surface area contributed by atoms with Crippen molar-refractivity contribution >= 4 is 54.0 Å². The molecule has 0 atom stereocenters. The Morgan fingerprint density at radius 3 is 2.40 bits per heavy atom. The third kappa shape index (κ3) is 5.02. The normalized spacial score (nSPS) is 11.5. The van der Waals surface area contributed by atoms with Gasteiger partial charge >= 0.3 is 0 Å². The summed E-state index contributed by atoms with van der Waals surface area (Å²) in [6, 6.07) is 8.67. The first-order chi connectivity index (χ1) is 14.1. The van der Waals surface area contributed by atoms with Gasteiger partial charge in [0.25, 0.3) is 5.91 Å². The van der Waals surface area contributed by atoms with Crippen LogP contribution in [0.2, 0.25) is 0 Å². The van der Waals surface area contributed by atoms with Crippen LogP contribution in [0.25, 0.3) is 11.3 Å². The zero-order chi connectivity index (χ0) is 22.1. The van der Waals surface area contributed by atoms with E-state index in [-0.39, 0.29) is 16.4 Å². The van der Waals surface area contributed by atoms with Gasteiger partial charge < -0.3 is 0 Å². The number of thiazole rings is 1. The molecular weight excluding hydrogens is 500 g/mol. The lowest BCUT2D eigenvalue weighted by Crippen LogP contribution is -2.25. The second kappa shape index (κ2) is 8.78. The van der Waals surface area contributed by atoms with Gasteiger partial charge in [0.15, 0.2) is 16.8 Å². The van der Waals surface area contributed by atoms with Crippen molar-refractivity contribution in [1.29, 1.82) is 0 Å². The second-order valence-corrected chi connectivity index (χ2v) is 10.5. The molecule has 0 saturated heterocycles. The number of sulfonamides is 1. The lowest BCUT2D eigenvalue weighted by atomic mass is 10.1. The molecule has 0 saturated carbocycles. The number of hydrogen-bond acceptors (Lipinski definition) is 5. The molecule has 30 heavy (non-hydrogen) atoms. The van der Waals surface area contributed by atoms with E-state index in [2.05, 4.69) is 31.0 Å². The van der Waals surface area contributed by atoms with Gasteiger partial charge in [0, 0.05) is 21.5 Å². The summed E-state index contributed by atoms with van der Waals surface area (Å²) < 4.78 is 54.8. The van der Waals surface area contributed by atoms with Crippen LogP contribution in [-0.2, 0) is 10.0 Å². The molecule has 158 valence electrons. The Morgan fingerprint density at radius 2 is 1.77 bits per heavy atom. The van der Waals surface area contributed by atoms with Crippen LogP contribution in [0.4, 0.5) is 19.6 Å². The highest BCUT2D eigenvalue weighted by Gasteiger charge is 2.23. The maximum absolute atomic E-state index is 13.8. The van der Waals surface area contributed by atoms with Crippen molar-refractivity contribution in [1.82, 2.24) is 4.98 Å². The van der Waals surface area contributed by atoms with Crippen LogP contribution in [0.5, 0.6) is 0 Å². The summed E-state index contributed by atoms with van der Waals surface area (Å²) in [4.78, 5) is 17.0. The Hall–Kier alpha value is -2.37. The molecule has 1 aromatic heterocycles. The summed E-state index contributed by atoms with van der Waals surface area (Å²) in [5, 5.41) is 3.61. The molecule has 0 bridgehead atoms. The van der Waals surface area contributed by atoms with Gasteiger partial charge in [0.1, 0.15) is 0 Å². The highest BCUT2D eigenvalue weighted by atomic mass is 79.9. The number of nitrogens with zero attached hydrogens (tertiary/aromatic N) is 1. The third-order valence-electron chi connectivity index (χ3n) is 4.04. The number of carbonyl (C=O) groups excluding carboxylic acids is 1. The molecule has 0 aliphatic carbocycles. The number of amides is 1. The highest BCUT2D eigenvalue weighted by molar-refractivity contribution is 9.10. The second-order valence-electron chi connectivity index (χ2n) is 6.51. The molecule has 0 radical (unpaired) electrons. The number of carbonyl (C=O) groups is 1. The van der Waals surface area contributed by atoms with E-state index >= 15 is 0 Å². The minimum Gasteiger partial charge on any atom is -0.298 e. The molecule has 0 spiro atoms. The molecule has 6 nitrogen and oxygen atoms in total. The van der Waals surface area contributed by atoms with E-state index in [1.54, 1.807) is 5.38 Å². The van der Waals surface area contributed by atoms with Gasteiger partial charge in [-0.3, -0.25) is 14.8 Å². The summed E-state index contributed by atoms with van der Waals surface area (Å²) in [5.41, 5.74) is 0.727. The lowest BCUT2D eigenvalue weighted by molar-refractivity contribution is 0.102. The number of anilines is 2. The van der Waals surface area contributed by atoms with Crippen LogP contribution in [0.15, 0.2) is 46.3 Å². The predicted molar refractivity (Wildman–Crippen MR) is 117 cm³/mol. The van der Waals surface area contributed by atoms with Crippen LogP contribution in [-0.4, -0.2) is 24.6 Å². The number of halogens is 3. The van der Waals surface area contributed by atoms with Gasteiger partial charge in [-0.25, -0.2) is 22.2 Å². The molecule has 1 heterocycles. The molecule has 3 aromatic rings. The Labute approximate surface area is 184 Å². The molecule has 2 aromatic carbocycles. The number of rotatable bonds is 6. The molecule has 3 rings (SSSR count). The Morgan fingerprint density at radius 1 is 1.13 bits per heavy atom. The Kier molecular flexibility index (Phi) is 6.53. The summed E-state index contributed by atoms with van der Waals surface area (Å²) in [7, 11) is -3.88. The molecular formula is C19H16BrF2N3O3S2. The molecule has 1 amide bonds. The first kappa shape index (κ1) is 22.3. The van der Waals surface area contributed by atoms with Gasteiger partial charge in [0.2, 0.25) is 10.0 Å². The van der Waals surface area contributed by atoms with Gasteiger partial charge in [-0.2, -0.15) is 0 Å². The third-order valence-corrected chi connectivity index (χ3v) is 7.07. The maximum Gasteiger partial charge on any atom is 0.259 e. The van der Waals surface area contributed by atoms with E-state index in [0.717, 1.165) is 21.4 Å². The van der Waals surface area contributed by atoms with E-state index in [1.165, 1.54) is 13.8 Å². The minimum absolute atomic E-state index is 0.223. The fraction of sp³-hybridized carbons (Fsp3) is 0.158. The summed E-state index contributed by atoms with van der Waals surface area (Å²) in [5.74, 6) is -3.38. The van der Waals surface area contributed by atoms with Crippen molar-refractivity contribution in [3.63, 3.8) is 0 Å². The van der Waals surface area contributed by atoms with Crippen LogP contribution >= 0.6 is 27.3 Å². The van der Waals surface area contributed by atoms with E-state index in [0.29, 0.717) is 17.8 Å². The Bertz CT molecular complexity index is 1200. The van der Waals surface area contributed by atoms with Crippen molar-refractivity contribution in [3.8, 4) is 11.3 Å². The molecule has 0 aliphatic heterocycles. The zero-order valence-corrected chi connectivity index (χ0v) is 19.0. The minimum atomic E-state index is -3.88. The number of nitrogens with one attached hydrogen (secondary N) is 2. The molecule has 0 fully saturated rings. The van der Waals surface area contributed by atoms with E-state index < -0.39 is 32.8 Å².